The van der Waals surface area contributed by atoms with Crippen LogP contribution in [-0.2, 0) is 14.6 Å². The summed E-state index contributed by atoms with van der Waals surface area (Å²) in [6.07, 6.45) is 1.36. The van der Waals surface area contributed by atoms with Crippen molar-refractivity contribution in [1.29, 1.82) is 0 Å². The lowest BCUT2D eigenvalue weighted by Gasteiger charge is -2.36. The van der Waals surface area contributed by atoms with Crippen LogP contribution in [0.2, 0.25) is 0 Å². The van der Waals surface area contributed by atoms with Crippen molar-refractivity contribution in [3.63, 3.8) is 0 Å². The van der Waals surface area contributed by atoms with Crippen molar-refractivity contribution in [2.24, 2.45) is 0 Å². The van der Waals surface area contributed by atoms with E-state index in [1.165, 1.54) is 0 Å². The van der Waals surface area contributed by atoms with Gasteiger partial charge in [0.05, 0.1) is 17.9 Å². The molecule has 0 radical (unpaired) electrons. The van der Waals surface area contributed by atoms with Gasteiger partial charge in [0.25, 0.3) is 0 Å². The normalized spacial score (nSPS) is 20.9. The number of hydrogen-bond acceptors (Lipinski definition) is 4. The summed E-state index contributed by atoms with van der Waals surface area (Å²) in [4.78, 5) is 12.7. The molecule has 0 atom stereocenters. The maximum absolute atomic E-state index is 11.3. The Balaban J connectivity index is 2.57. The minimum Gasteiger partial charge on any atom is -0.481 e. The first kappa shape index (κ1) is 14.4. The summed E-state index contributed by atoms with van der Waals surface area (Å²) in [5, 5.41) is 8.70. The Morgan fingerprint density at radius 1 is 1.35 bits per heavy atom. The Morgan fingerprint density at radius 3 is 2.29 bits per heavy atom. The zero-order valence-corrected chi connectivity index (χ0v) is 11.2. The molecular weight excluding hydrogens is 242 g/mol. The summed E-state index contributed by atoms with van der Waals surface area (Å²) in [6, 6.07) is 0.457. The van der Waals surface area contributed by atoms with E-state index in [2.05, 4.69) is 4.90 Å². The Morgan fingerprint density at radius 2 is 1.88 bits per heavy atom. The molecule has 5 nitrogen and oxygen atoms in total. The van der Waals surface area contributed by atoms with E-state index in [0.717, 1.165) is 0 Å². The molecule has 0 amide bonds. The molecule has 0 aromatic heterocycles. The Hall–Kier alpha value is -0.620. The van der Waals surface area contributed by atoms with E-state index in [4.69, 9.17) is 5.11 Å². The molecule has 0 spiro atoms. The van der Waals surface area contributed by atoms with Gasteiger partial charge >= 0.3 is 5.97 Å². The second-order valence-corrected chi connectivity index (χ2v) is 7.16. The fraction of sp³-hybridized carbons (Fsp3) is 0.909. The predicted octanol–water partition coefficient (Wildman–Crippen LogP) is 0.749. The molecule has 1 heterocycles. The highest BCUT2D eigenvalue weighted by molar-refractivity contribution is 7.91. The summed E-state index contributed by atoms with van der Waals surface area (Å²) in [5.41, 5.74) is 0. The van der Waals surface area contributed by atoms with E-state index in [-0.39, 0.29) is 30.0 Å². The van der Waals surface area contributed by atoms with Gasteiger partial charge in [-0.05, 0) is 26.7 Å². The van der Waals surface area contributed by atoms with Crippen molar-refractivity contribution in [3.8, 4) is 0 Å². The SMILES string of the molecule is CC(C)N(CCC(=O)O)C1CCS(=O)(=O)CC1. The number of hydrogen-bond donors (Lipinski definition) is 1. The zero-order valence-electron chi connectivity index (χ0n) is 10.4. The summed E-state index contributed by atoms with van der Waals surface area (Å²) in [6.45, 7) is 4.54. The topological polar surface area (TPSA) is 74.7 Å². The van der Waals surface area contributed by atoms with E-state index in [1.807, 2.05) is 13.8 Å². The number of carboxylic acid groups (broad SMARTS) is 1. The van der Waals surface area contributed by atoms with Gasteiger partial charge in [0, 0.05) is 18.6 Å². The Labute approximate surface area is 103 Å². The predicted molar refractivity (Wildman–Crippen MR) is 65.8 cm³/mol. The highest BCUT2D eigenvalue weighted by Crippen LogP contribution is 2.20. The molecule has 0 aromatic rings. The van der Waals surface area contributed by atoms with Crippen LogP contribution in [-0.4, -0.2) is 54.5 Å². The lowest BCUT2D eigenvalue weighted by molar-refractivity contribution is -0.137. The quantitative estimate of drug-likeness (QED) is 0.792. The molecule has 6 heteroatoms. The lowest BCUT2D eigenvalue weighted by Crippen LogP contribution is -2.45. The number of aliphatic carboxylic acids is 1. The number of rotatable bonds is 5. The molecule has 1 fully saturated rings. The first-order valence-corrected chi connectivity index (χ1v) is 7.82. The molecule has 0 unspecified atom stereocenters. The van der Waals surface area contributed by atoms with Gasteiger partial charge in [-0.3, -0.25) is 9.69 Å². The zero-order chi connectivity index (χ0) is 13.1. The number of carboxylic acids is 1. The van der Waals surface area contributed by atoms with Crippen LogP contribution in [0.5, 0.6) is 0 Å². The van der Waals surface area contributed by atoms with Gasteiger partial charge in [-0.15, -0.1) is 0 Å². The van der Waals surface area contributed by atoms with Crippen molar-refractivity contribution in [3.05, 3.63) is 0 Å². The van der Waals surface area contributed by atoms with E-state index in [9.17, 15) is 13.2 Å². The van der Waals surface area contributed by atoms with Crippen LogP contribution >= 0.6 is 0 Å². The van der Waals surface area contributed by atoms with E-state index < -0.39 is 15.8 Å². The van der Waals surface area contributed by atoms with Crippen LogP contribution in [0.15, 0.2) is 0 Å². The van der Waals surface area contributed by atoms with Crippen molar-refractivity contribution >= 4 is 15.8 Å². The Bertz CT molecular complexity index is 350. The van der Waals surface area contributed by atoms with Crippen LogP contribution < -0.4 is 0 Å². The fourth-order valence-corrected chi connectivity index (χ4v) is 3.76. The summed E-state index contributed by atoms with van der Waals surface area (Å²) in [5.74, 6) is -0.346. The van der Waals surface area contributed by atoms with Gasteiger partial charge in [0.15, 0.2) is 0 Å². The van der Waals surface area contributed by atoms with Crippen molar-refractivity contribution < 1.29 is 18.3 Å². The molecule has 0 saturated carbocycles. The largest absolute Gasteiger partial charge is 0.481 e. The third kappa shape index (κ3) is 4.63. The van der Waals surface area contributed by atoms with E-state index in [0.29, 0.717) is 19.4 Å². The highest BCUT2D eigenvalue weighted by Gasteiger charge is 2.29. The summed E-state index contributed by atoms with van der Waals surface area (Å²) in [7, 11) is -2.85. The molecule has 17 heavy (non-hydrogen) atoms. The molecule has 1 aliphatic heterocycles. The van der Waals surface area contributed by atoms with Gasteiger partial charge in [0.1, 0.15) is 9.84 Å². The monoisotopic (exact) mass is 263 g/mol. The van der Waals surface area contributed by atoms with Gasteiger partial charge in [-0.1, -0.05) is 0 Å². The van der Waals surface area contributed by atoms with Crippen LogP contribution in [0, 0.1) is 0 Å². The molecule has 0 aromatic carbocycles. The maximum atomic E-state index is 11.3. The Kier molecular flexibility index (Phi) is 4.94. The van der Waals surface area contributed by atoms with E-state index in [1.54, 1.807) is 0 Å². The van der Waals surface area contributed by atoms with Gasteiger partial charge < -0.3 is 5.11 Å². The molecule has 0 bridgehead atoms. The van der Waals surface area contributed by atoms with Crippen LogP contribution in [0.1, 0.15) is 33.1 Å². The molecule has 100 valence electrons. The van der Waals surface area contributed by atoms with Crippen LogP contribution in [0.3, 0.4) is 0 Å². The summed E-state index contributed by atoms with van der Waals surface area (Å²) >= 11 is 0. The first-order chi connectivity index (χ1) is 7.82. The van der Waals surface area contributed by atoms with Gasteiger partial charge in [-0.25, -0.2) is 8.42 Å². The average Bonchev–Trinajstić information content (AvgIpc) is 2.19. The van der Waals surface area contributed by atoms with Crippen molar-refractivity contribution in [2.45, 2.75) is 45.2 Å². The molecule has 1 rings (SSSR count). The molecule has 1 N–H and O–H groups in total. The van der Waals surface area contributed by atoms with Gasteiger partial charge in [0.2, 0.25) is 0 Å². The standard InChI is InChI=1S/C11H21NO4S/c1-9(2)12(6-3-11(13)14)10-4-7-17(15,16)8-5-10/h9-10H,3-8H2,1-2H3,(H,13,14). The minimum atomic E-state index is -2.85. The molecule has 1 aliphatic rings. The molecule has 1 saturated heterocycles. The smallest absolute Gasteiger partial charge is 0.304 e. The van der Waals surface area contributed by atoms with Crippen LogP contribution in [0.4, 0.5) is 0 Å². The molecule has 0 aliphatic carbocycles. The van der Waals surface area contributed by atoms with Crippen molar-refractivity contribution in [1.82, 2.24) is 4.90 Å². The fourth-order valence-electron chi connectivity index (χ4n) is 2.30. The summed E-state index contributed by atoms with van der Waals surface area (Å²) < 4.78 is 22.7. The number of carbonyl (C=O) groups is 1. The first-order valence-electron chi connectivity index (χ1n) is 6.00. The van der Waals surface area contributed by atoms with Gasteiger partial charge in [-0.2, -0.15) is 0 Å². The van der Waals surface area contributed by atoms with Crippen LogP contribution in [0.25, 0.3) is 0 Å². The second-order valence-electron chi connectivity index (χ2n) is 4.86. The highest BCUT2D eigenvalue weighted by atomic mass is 32.2. The van der Waals surface area contributed by atoms with E-state index >= 15 is 0 Å². The maximum Gasteiger partial charge on any atom is 0.304 e. The lowest BCUT2D eigenvalue weighted by atomic mass is 10.1. The average molecular weight is 263 g/mol. The minimum absolute atomic E-state index is 0.113. The number of nitrogens with zero attached hydrogens (tertiary/aromatic N) is 1. The third-order valence-corrected chi connectivity index (χ3v) is 4.96. The third-order valence-electron chi connectivity index (χ3n) is 3.24. The van der Waals surface area contributed by atoms with Crippen molar-refractivity contribution in [2.75, 3.05) is 18.1 Å². The molecular formula is C11H21NO4S. The number of sulfone groups is 1. The second kappa shape index (κ2) is 5.82.